The molecule has 0 aliphatic heterocycles. The number of benzene rings is 1. The Morgan fingerprint density at radius 1 is 1.17 bits per heavy atom. The summed E-state index contributed by atoms with van der Waals surface area (Å²) in [4.78, 5) is 4.46. The maximum atomic E-state index is 12.1. The Morgan fingerprint density at radius 2 is 1.96 bits per heavy atom. The summed E-state index contributed by atoms with van der Waals surface area (Å²) in [5.41, 5.74) is 1.67. The average molecular weight is 348 g/mol. The third-order valence-corrected chi connectivity index (χ3v) is 6.19. The number of nitrogens with zero attached hydrogens (tertiary/aromatic N) is 1. The molecule has 0 saturated carbocycles. The van der Waals surface area contributed by atoms with Crippen LogP contribution in [0.15, 0.2) is 56.5 Å². The second-order valence-corrected chi connectivity index (χ2v) is 7.91. The molecule has 0 amide bonds. The number of thiophene rings is 1. The van der Waals surface area contributed by atoms with Crippen LogP contribution in [0.5, 0.6) is 0 Å². The van der Waals surface area contributed by atoms with E-state index in [4.69, 9.17) is 4.42 Å². The second-order valence-electron chi connectivity index (χ2n) is 4.97. The lowest BCUT2D eigenvalue weighted by Gasteiger charge is -2.03. The van der Waals surface area contributed by atoms with Crippen molar-refractivity contribution in [2.45, 2.75) is 17.6 Å². The fourth-order valence-electron chi connectivity index (χ4n) is 2.16. The van der Waals surface area contributed by atoms with Gasteiger partial charge in [-0.25, -0.2) is 18.1 Å². The minimum absolute atomic E-state index is 0.280. The van der Waals surface area contributed by atoms with Gasteiger partial charge >= 0.3 is 0 Å². The van der Waals surface area contributed by atoms with Crippen LogP contribution in [-0.2, 0) is 16.4 Å². The zero-order chi connectivity index (χ0) is 16.3. The van der Waals surface area contributed by atoms with Gasteiger partial charge in [0.1, 0.15) is 9.97 Å². The van der Waals surface area contributed by atoms with Crippen LogP contribution in [0.4, 0.5) is 0 Å². The van der Waals surface area contributed by atoms with Crippen molar-refractivity contribution in [2.24, 2.45) is 0 Å². The van der Waals surface area contributed by atoms with E-state index in [1.165, 1.54) is 11.3 Å². The quantitative estimate of drug-likeness (QED) is 0.742. The van der Waals surface area contributed by atoms with E-state index in [0.29, 0.717) is 22.3 Å². The summed E-state index contributed by atoms with van der Waals surface area (Å²) in [6.07, 6.45) is 0.479. The third-order valence-electron chi connectivity index (χ3n) is 3.33. The molecule has 0 saturated heterocycles. The molecule has 0 bridgehead atoms. The molecular weight excluding hydrogens is 332 g/mol. The van der Waals surface area contributed by atoms with Crippen LogP contribution in [0.3, 0.4) is 0 Å². The van der Waals surface area contributed by atoms with E-state index in [0.717, 1.165) is 11.3 Å². The van der Waals surface area contributed by atoms with Gasteiger partial charge in [0, 0.05) is 18.5 Å². The molecule has 2 aromatic heterocycles. The summed E-state index contributed by atoms with van der Waals surface area (Å²) in [5.74, 6) is 1.26. The second kappa shape index (κ2) is 6.66. The maximum absolute atomic E-state index is 12.1. The van der Waals surface area contributed by atoms with Crippen molar-refractivity contribution >= 4 is 21.4 Å². The van der Waals surface area contributed by atoms with Crippen LogP contribution in [0.2, 0.25) is 0 Å². The summed E-state index contributed by atoms with van der Waals surface area (Å²) >= 11 is 1.20. The van der Waals surface area contributed by atoms with Gasteiger partial charge in [0.05, 0.1) is 5.69 Å². The largest absolute Gasteiger partial charge is 0.441 e. The molecule has 2 heterocycles. The fourth-order valence-corrected chi connectivity index (χ4v) is 4.22. The summed E-state index contributed by atoms with van der Waals surface area (Å²) < 4.78 is 32.7. The number of nitrogens with one attached hydrogen (secondary N) is 1. The number of hydrogen-bond donors (Lipinski definition) is 1. The monoisotopic (exact) mass is 348 g/mol. The number of sulfonamides is 1. The predicted octanol–water partition coefficient (Wildman–Crippen LogP) is 3.23. The maximum Gasteiger partial charge on any atom is 0.250 e. The zero-order valence-electron chi connectivity index (χ0n) is 12.5. The van der Waals surface area contributed by atoms with Crippen LogP contribution in [0, 0.1) is 6.92 Å². The summed E-state index contributed by atoms with van der Waals surface area (Å²) in [5, 5.41) is 1.74. The Balaban J connectivity index is 1.67. The minimum Gasteiger partial charge on any atom is -0.441 e. The first-order valence-corrected chi connectivity index (χ1v) is 9.47. The van der Waals surface area contributed by atoms with Crippen LogP contribution in [0.1, 0.15) is 11.5 Å². The van der Waals surface area contributed by atoms with Gasteiger partial charge in [-0.15, -0.1) is 11.3 Å². The molecule has 0 fully saturated rings. The Labute approximate surface area is 139 Å². The topological polar surface area (TPSA) is 72.2 Å². The molecule has 0 aliphatic carbocycles. The van der Waals surface area contributed by atoms with E-state index < -0.39 is 10.0 Å². The van der Waals surface area contributed by atoms with Crippen molar-refractivity contribution in [3.8, 4) is 11.5 Å². The summed E-state index contributed by atoms with van der Waals surface area (Å²) in [6.45, 7) is 2.12. The molecule has 0 spiro atoms. The summed E-state index contributed by atoms with van der Waals surface area (Å²) in [6, 6.07) is 12.9. The highest BCUT2D eigenvalue weighted by Crippen LogP contribution is 2.21. The molecule has 0 radical (unpaired) electrons. The van der Waals surface area contributed by atoms with Gasteiger partial charge in [-0.3, -0.25) is 0 Å². The lowest BCUT2D eigenvalue weighted by molar-refractivity contribution is 0.538. The first-order chi connectivity index (χ1) is 11.1. The van der Waals surface area contributed by atoms with Gasteiger partial charge in [0.15, 0.2) is 0 Å². The number of aryl methyl sites for hydroxylation is 1. The van der Waals surface area contributed by atoms with E-state index >= 15 is 0 Å². The van der Waals surface area contributed by atoms with Gasteiger partial charge in [-0.1, -0.05) is 24.3 Å². The van der Waals surface area contributed by atoms with Crippen molar-refractivity contribution in [1.29, 1.82) is 0 Å². The predicted molar refractivity (Wildman–Crippen MR) is 89.9 cm³/mol. The highest BCUT2D eigenvalue weighted by molar-refractivity contribution is 7.91. The smallest absolute Gasteiger partial charge is 0.250 e. The molecule has 0 unspecified atom stereocenters. The first kappa shape index (κ1) is 15.9. The highest BCUT2D eigenvalue weighted by Gasteiger charge is 2.16. The molecule has 3 rings (SSSR count). The number of hydrogen-bond acceptors (Lipinski definition) is 5. The zero-order valence-corrected chi connectivity index (χ0v) is 14.2. The van der Waals surface area contributed by atoms with Crippen molar-refractivity contribution in [1.82, 2.24) is 9.71 Å². The molecule has 1 aromatic carbocycles. The molecule has 3 aromatic rings. The molecule has 5 nitrogen and oxygen atoms in total. The Hall–Kier alpha value is -1.96. The van der Waals surface area contributed by atoms with Gasteiger partial charge < -0.3 is 4.42 Å². The lowest BCUT2D eigenvalue weighted by Crippen LogP contribution is -2.25. The molecule has 0 aliphatic rings. The molecular formula is C16H16N2O3S2. The fraction of sp³-hybridized carbons (Fsp3) is 0.188. The van der Waals surface area contributed by atoms with Crippen LogP contribution >= 0.6 is 11.3 Å². The Morgan fingerprint density at radius 3 is 2.65 bits per heavy atom. The molecule has 1 N–H and O–H groups in total. The van der Waals surface area contributed by atoms with Gasteiger partial charge in [-0.2, -0.15) is 0 Å². The lowest BCUT2D eigenvalue weighted by atomic mass is 10.2. The van der Waals surface area contributed by atoms with E-state index in [9.17, 15) is 8.42 Å². The SMILES string of the molecule is Cc1oc(-c2ccccc2)nc1CCNS(=O)(=O)c1cccs1. The Bertz CT molecular complexity index is 869. The summed E-state index contributed by atoms with van der Waals surface area (Å²) in [7, 11) is -3.44. The molecule has 23 heavy (non-hydrogen) atoms. The number of rotatable bonds is 6. The normalized spacial score (nSPS) is 11.7. The average Bonchev–Trinajstić information content (AvgIpc) is 3.19. The minimum atomic E-state index is -3.44. The van der Waals surface area contributed by atoms with Crippen LogP contribution in [-0.4, -0.2) is 19.9 Å². The van der Waals surface area contributed by atoms with Gasteiger partial charge in [0.25, 0.3) is 0 Å². The van der Waals surface area contributed by atoms with E-state index in [2.05, 4.69) is 9.71 Å². The van der Waals surface area contributed by atoms with Crippen molar-refractivity contribution in [2.75, 3.05) is 6.54 Å². The molecule has 0 atom stereocenters. The van der Waals surface area contributed by atoms with Gasteiger partial charge in [0.2, 0.25) is 15.9 Å². The van der Waals surface area contributed by atoms with Gasteiger partial charge in [-0.05, 0) is 30.5 Å². The highest BCUT2D eigenvalue weighted by atomic mass is 32.2. The molecule has 7 heteroatoms. The van der Waals surface area contributed by atoms with Crippen molar-refractivity contribution < 1.29 is 12.8 Å². The van der Waals surface area contributed by atoms with Crippen molar-refractivity contribution in [3.05, 3.63) is 59.3 Å². The van der Waals surface area contributed by atoms with E-state index in [1.807, 2.05) is 37.3 Å². The van der Waals surface area contributed by atoms with E-state index in [1.54, 1.807) is 17.5 Å². The van der Waals surface area contributed by atoms with E-state index in [-0.39, 0.29) is 6.54 Å². The molecule has 120 valence electrons. The van der Waals surface area contributed by atoms with Crippen LogP contribution in [0.25, 0.3) is 11.5 Å². The standard InChI is InChI=1S/C16H16N2O3S2/c1-12-14(18-16(21-12)13-6-3-2-4-7-13)9-10-17-23(19,20)15-8-5-11-22-15/h2-8,11,17H,9-10H2,1H3. The third kappa shape index (κ3) is 3.69. The van der Waals surface area contributed by atoms with Crippen molar-refractivity contribution in [3.63, 3.8) is 0 Å². The number of oxazole rings is 1. The first-order valence-electron chi connectivity index (χ1n) is 7.11. The van der Waals surface area contributed by atoms with Crippen LogP contribution < -0.4 is 4.72 Å². The number of aromatic nitrogens is 1. The Kier molecular flexibility index (Phi) is 4.61.